The Morgan fingerprint density at radius 3 is 2.56 bits per heavy atom. The second-order valence-corrected chi connectivity index (χ2v) is 3.75. The fourth-order valence-corrected chi connectivity index (χ4v) is 1.48. The van der Waals surface area contributed by atoms with Crippen molar-refractivity contribution in [1.29, 1.82) is 0 Å². The van der Waals surface area contributed by atoms with Crippen LogP contribution in [0, 0.1) is 11.6 Å². The fourth-order valence-electron chi connectivity index (χ4n) is 1.48. The number of halogens is 2. The Morgan fingerprint density at radius 2 is 1.81 bits per heavy atom. The number of anilines is 1. The highest BCUT2D eigenvalue weighted by molar-refractivity contribution is 5.44. The van der Waals surface area contributed by atoms with Crippen LogP contribution in [0.4, 0.5) is 14.5 Å². The molecular formula is C12H18F2N2. The SMILES string of the molecule is NCCCCCCNc1cc(F)ccc1F. The van der Waals surface area contributed by atoms with E-state index in [0.29, 0.717) is 13.1 Å². The second-order valence-electron chi connectivity index (χ2n) is 3.75. The van der Waals surface area contributed by atoms with Crippen molar-refractivity contribution in [2.75, 3.05) is 18.4 Å². The number of rotatable bonds is 7. The average molecular weight is 228 g/mol. The average Bonchev–Trinajstić information content (AvgIpc) is 2.28. The van der Waals surface area contributed by atoms with Crippen molar-refractivity contribution in [3.05, 3.63) is 29.8 Å². The van der Waals surface area contributed by atoms with E-state index in [1.54, 1.807) is 0 Å². The Labute approximate surface area is 94.8 Å². The molecule has 0 aliphatic rings. The Hall–Kier alpha value is -1.16. The van der Waals surface area contributed by atoms with Crippen molar-refractivity contribution in [3.8, 4) is 0 Å². The van der Waals surface area contributed by atoms with E-state index >= 15 is 0 Å². The first-order valence-electron chi connectivity index (χ1n) is 5.63. The van der Waals surface area contributed by atoms with Gasteiger partial charge in [0.2, 0.25) is 0 Å². The van der Waals surface area contributed by atoms with Crippen LogP contribution < -0.4 is 11.1 Å². The lowest BCUT2D eigenvalue weighted by Gasteiger charge is -2.07. The van der Waals surface area contributed by atoms with Gasteiger partial charge in [0.05, 0.1) is 5.69 Å². The quantitative estimate of drug-likeness (QED) is 0.704. The molecule has 3 N–H and O–H groups in total. The summed E-state index contributed by atoms with van der Waals surface area (Å²) in [5, 5.41) is 2.88. The summed E-state index contributed by atoms with van der Waals surface area (Å²) in [5.41, 5.74) is 5.60. The van der Waals surface area contributed by atoms with Crippen molar-refractivity contribution in [3.63, 3.8) is 0 Å². The normalized spacial score (nSPS) is 10.4. The minimum atomic E-state index is -0.424. The van der Waals surface area contributed by atoms with E-state index in [1.807, 2.05) is 0 Å². The highest BCUT2D eigenvalue weighted by Gasteiger charge is 2.02. The molecule has 0 aliphatic carbocycles. The van der Waals surface area contributed by atoms with Gasteiger partial charge in [-0.2, -0.15) is 0 Å². The molecule has 1 aromatic carbocycles. The third-order valence-corrected chi connectivity index (χ3v) is 2.37. The molecule has 90 valence electrons. The van der Waals surface area contributed by atoms with Gasteiger partial charge in [-0.1, -0.05) is 12.8 Å². The van der Waals surface area contributed by atoms with Crippen molar-refractivity contribution >= 4 is 5.69 Å². The molecular weight excluding hydrogens is 210 g/mol. The largest absolute Gasteiger partial charge is 0.383 e. The lowest BCUT2D eigenvalue weighted by molar-refractivity contribution is 0.600. The first kappa shape index (κ1) is 12.9. The zero-order chi connectivity index (χ0) is 11.8. The highest BCUT2D eigenvalue weighted by Crippen LogP contribution is 2.15. The molecule has 2 nitrogen and oxygen atoms in total. The zero-order valence-corrected chi connectivity index (χ0v) is 9.31. The molecule has 0 atom stereocenters. The summed E-state index contributed by atoms with van der Waals surface area (Å²) in [5.74, 6) is -0.838. The van der Waals surface area contributed by atoms with E-state index < -0.39 is 11.6 Å². The summed E-state index contributed by atoms with van der Waals surface area (Å²) >= 11 is 0. The van der Waals surface area contributed by atoms with Crippen LogP contribution in [-0.4, -0.2) is 13.1 Å². The minimum Gasteiger partial charge on any atom is -0.383 e. The molecule has 0 fully saturated rings. The van der Waals surface area contributed by atoms with Crippen LogP contribution in [0.1, 0.15) is 25.7 Å². The van der Waals surface area contributed by atoms with Gasteiger partial charge < -0.3 is 11.1 Å². The summed E-state index contributed by atoms with van der Waals surface area (Å²) < 4.78 is 26.0. The highest BCUT2D eigenvalue weighted by atomic mass is 19.1. The van der Waals surface area contributed by atoms with Crippen LogP contribution in [0.2, 0.25) is 0 Å². The molecule has 0 saturated carbocycles. The predicted octanol–water partition coefficient (Wildman–Crippen LogP) is 2.90. The van der Waals surface area contributed by atoms with Crippen LogP contribution in [0.3, 0.4) is 0 Å². The number of unbranched alkanes of at least 4 members (excludes halogenated alkanes) is 3. The van der Waals surface area contributed by atoms with E-state index in [0.717, 1.165) is 37.8 Å². The number of benzene rings is 1. The van der Waals surface area contributed by atoms with Crippen LogP contribution in [-0.2, 0) is 0 Å². The summed E-state index contributed by atoms with van der Waals surface area (Å²) in [7, 11) is 0. The van der Waals surface area contributed by atoms with E-state index in [1.165, 1.54) is 6.07 Å². The minimum absolute atomic E-state index is 0.235. The maximum Gasteiger partial charge on any atom is 0.146 e. The third kappa shape index (κ3) is 4.57. The van der Waals surface area contributed by atoms with E-state index in [4.69, 9.17) is 5.73 Å². The zero-order valence-electron chi connectivity index (χ0n) is 9.31. The molecule has 0 heterocycles. The second kappa shape index (κ2) is 7.17. The summed E-state index contributed by atoms with van der Waals surface area (Å²) in [6.07, 6.45) is 4.11. The maximum absolute atomic E-state index is 13.2. The fraction of sp³-hybridized carbons (Fsp3) is 0.500. The van der Waals surface area contributed by atoms with Gasteiger partial charge in [0.15, 0.2) is 0 Å². The molecule has 0 spiro atoms. The van der Waals surface area contributed by atoms with E-state index in [-0.39, 0.29) is 5.69 Å². The van der Waals surface area contributed by atoms with Gasteiger partial charge in [0, 0.05) is 6.54 Å². The maximum atomic E-state index is 13.2. The third-order valence-electron chi connectivity index (χ3n) is 2.37. The Morgan fingerprint density at radius 1 is 1.06 bits per heavy atom. The van der Waals surface area contributed by atoms with Gasteiger partial charge in [0.25, 0.3) is 0 Å². The van der Waals surface area contributed by atoms with Crippen LogP contribution in [0.25, 0.3) is 0 Å². The van der Waals surface area contributed by atoms with Gasteiger partial charge in [0.1, 0.15) is 11.6 Å². The van der Waals surface area contributed by atoms with Crippen molar-refractivity contribution in [2.24, 2.45) is 5.73 Å². The van der Waals surface area contributed by atoms with Gasteiger partial charge in [-0.05, 0) is 37.6 Å². The smallest absolute Gasteiger partial charge is 0.146 e. The Kier molecular flexibility index (Phi) is 5.78. The molecule has 1 aromatic rings. The molecule has 0 bridgehead atoms. The lowest BCUT2D eigenvalue weighted by atomic mass is 10.2. The summed E-state index contributed by atoms with van der Waals surface area (Å²) in [6.45, 7) is 1.37. The van der Waals surface area contributed by atoms with Gasteiger partial charge in [-0.3, -0.25) is 0 Å². The van der Waals surface area contributed by atoms with Crippen LogP contribution in [0.15, 0.2) is 18.2 Å². The number of nitrogens with one attached hydrogen (secondary N) is 1. The monoisotopic (exact) mass is 228 g/mol. The van der Waals surface area contributed by atoms with Crippen LogP contribution in [0.5, 0.6) is 0 Å². The van der Waals surface area contributed by atoms with Crippen molar-refractivity contribution in [1.82, 2.24) is 0 Å². The molecule has 0 radical (unpaired) electrons. The predicted molar refractivity (Wildman–Crippen MR) is 62.4 cm³/mol. The Bertz CT molecular complexity index is 316. The van der Waals surface area contributed by atoms with Crippen molar-refractivity contribution in [2.45, 2.75) is 25.7 Å². The molecule has 0 aliphatic heterocycles. The van der Waals surface area contributed by atoms with Crippen molar-refractivity contribution < 1.29 is 8.78 Å². The summed E-state index contributed by atoms with van der Waals surface area (Å²) in [4.78, 5) is 0. The first-order valence-corrected chi connectivity index (χ1v) is 5.63. The van der Waals surface area contributed by atoms with Gasteiger partial charge in [-0.25, -0.2) is 8.78 Å². The molecule has 4 heteroatoms. The van der Waals surface area contributed by atoms with Crippen LogP contribution >= 0.6 is 0 Å². The summed E-state index contributed by atoms with van der Waals surface area (Å²) in [6, 6.07) is 3.42. The number of nitrogens with two attached hydrogens (primary N) is 1. The number of hydrogen-bond acceptors (Lipinski definition) is 2. The lowest BCUT2D eigenvalue weighted by Crippen LogP contribution is -2.04. The topological polar surface area (TPSA) is 38.0 Å². The molecule has 16 heavy (non-hydrogen) atoms. The standard InChI is InChI=1S/C12H18F2N2/c13-10-5-6-11(14)12(9-10)16-8-4-2-1-3-7-15/h5-6,9,16H,1-4,7-8,15H2. The van der Waals surface area contributed by atoms with E-state index in [9.17, 15) is 8.78 Å². The first-order chi connectivity index (χ1) is 7.74. The van der Waals surface area contributed by atoms with E-state index in [2.05, 4.69) is 5.32 Å². The van der Waals surface area contributed by atoms with Gasteiger partial charge >= 0.3 is 0 Å². The molecule has 0 amide bonds. The number of hydrogen-bond donors (Lipinski definition) is 2. The Balaban J connectivity index is 2.23. The molecule has 0 aromatic heterocycles. The van der Waals surface area contributed by atoms with Gasteiger partial charge in [-0.15, -0.1) is 0 Å². The molecule has 0 unspecified atom stereocenters. The molecule has 1 rings (SSSR count). The molecule has 0 saturated heterocycles.